The molecule has 3 heterocycles. The molecule has 0 aliphatic heterocycles. The fourth-order valence-corrected chi connectivity index (χ4v) is 4.03. The molecule has 10 nitrogen and oxygen atoms in total. The van der Waals surface area contributed by atoms with E-state index in [1.165, 1.54) is 23.0 Å². The van der Waals surface area contributed by atoms with Crippen LogP contribution in [-0.2, 0) is 4.74 Å². The summed E-state index contributed by atoms with van der Waals surface area (Å²) >= 11 is 0. The first-order valence-corrected chi connectivity index (χ1v) is 11.1. The molecule has 0 radical (unpaired) electrons. The molecule has 2 aliphatic rings. The van der Waals surface area contributed by atoms with Crippen molar-refractivity contribution >= 4 is 23.2 Å². The van der Waals surface area contributed by atoms with Gasteiger partial charge in [0.1, 0.15) is 17.8 Å². The summed E-state index contributed by atoms with van der Waals surface area (Å²) in [5.41, 5.74) is 0.639. The lowest BCUT2D eigenvalue weighted by Gasteiger charge is -2.19. The third kappa shape index (κ3) is 5.25. The zero-order valence-electron chi connectivity index (χ0n) is 18.6. The molecule has 5 rings (SSSR count). The largest absolute Gasteiger partial charge is 0.467 e. The number of anilines is 2. The van der Waals surface area contributed by atoms with E-state index in [1.54, 1.807) is 6.07 Å². The van der Waals surface area contributed by atoms with Gasteiger partial charge in [-0.15, -0.1) is 5.10 Å². The van der Waals surface area contributed by atoms with Crippen molar-refractivity contribution in [2.24, 2.45) is 0 Å². The number of hydrogen-bond acceptors (Lipinski definition) is 7. The van der Waals surface area contributed by atoms with Crippen LogP contribution in [0.5, 0.6) is 5.88 Å². The Labute approximate surface area is 196 Å². The van der Waals surface area contributed by atoms with Gasteiger partial charge in [-0.25, -0.2) is 18.7 Å². The maximum atomic E-state index is 15.1. The summed E-state index contributed by atoms with van der Waals surface area (Å²) in [4.78, 5) is 16.2. The molecule has 0 spiro atoms. The molecule has 0 unspecified atom stereocenters. The van der Waals surface area contributed by atoms with E-state index >= 15 is 4.39 Å². The number of carbonyl (C=O) groups excluding carboxylic acids is 1. The molecule has 2 aliphatic carbocycles. The van der Waals surface area contributed by atoms with Crippen LogP contribution in [0.15, 0.2) is 24.5 Å². The second-order valence-corrected chi connectivity index (χ2v) is 9.08. The Balaban J connectivity index is 1.24. The first-order valence-electron chi connectivity index (χ1n) is 11.1. The second-order valence-electron chi connectivity index (χ2n) is 9.08. The zero-order chi connectivity index (χ0) is 24.8. The van der Waals surface area contributed by atoms with Crippen LogP contribution in [-0.4, -0.2) is 61.5 Å². The number of amides is 1. The quantitative estimate of drug-likeness (QED) is 0.422. The summed E-state index contributed by atoms with van der Waals surface area (Å²) in [6, 6.07) is 2.94. The van der Waals surface area contributed by atoms with E-state index in [1.807, 2.05) is 6.92 Å². The average Bonchev–Trinajstić information content (AvgIpc) is 3.14. The number of nitrogens with one attached hydrogen (secondary N) is 3. The van der Waals surface area contributed by atoms with E-state index in [0.717, 1.165) is 12.8 Å². The van der Waals surface area contributed by atoms with Crippen LogP contribution in [0.2, 0.25) is 0 Å². The number of rotatable bonds is 7. The lowest BCUT2D eigenvalue weighted by atomic mass is 10.0. The van der Waals surface area contributed by atoms with Gasteiger partial charge in [-0.05, 0) is 32.6 Å². The number of fused-ring (bicyclic) bond motifs is 1. The van der Waals surface area contributed by atoms with Crippen LogP contribution >= 0.6 is 0 Å². The van der Waals surface area contributed by atoms with Crippen molar-refractivity contribution < 1.29 is 31.8 Å². The molecule has 3 aromatic heterocycles. The van der Waals surface area contributed by atoms with E-state index in [-0.39, 0.29) is 17.2 Å². The van der Waals surface area contributed by atoms with Gasteiger partial charge in [-0.3, -0.25) is 5.10 Å². The molecule has 1 amide bonds. The van der Waals surface area contributed by atoms with Gasteiger partial charge in [0.25, 0.3) is 0 Å². The number of alkyl carbamates (subject to hydrolysis) is 1. The summed E-state index contributed by atoms with van der Waals surface area (Å²) < 4.78 is 63.7. The standard InChI is InChI=1S/C21H23F4N7O3/c1-20(4-5-20)28-19(33)35-14-3-2-11(17(14)22)12-8-15(30-29-12)27-18-13-9-16(34-10-21(23,24)25)31-32(13)7-6-26-18/h6-9,11,14,17H,2-5,10H2,1H3,(H,28,33)(H2,26,27,29,30)/t11-,14-,17+/m0/s1. The van der Waals surface area contributed by atoms with Gasteiger partial charge in [-0.2, -0.15) is 18.3 Å². The molecule has 3 aromatic rings. The van der Waals surface area contributed by atoms with Crippen molar-refractivity contribution in [1.29, 1.82) is 0 Å². The minimum atomic E-state index is -4.49. The van der Waals surface area contributed by atoms with E-state index in [4.69, 9.17) is 9.47 Å². The number of carbonyl (C=O) groups is 1. The number of aromatic amines is 1. The van der Waals surface area contributed by atoms with Crippen LogP contribution in [0.3, 0.4) is 0 Å². The lowest BCUT2D eigenvalue weighted by molar-refractivity contribution is -0.154. The zero-order valence-corrected chi connectivity index (χ0v) is 18.6. The molecule has 3 atom stereocenters. The highest BCUT2D eigenvalue weighted by Gasteiger charge is 2.43. The highest BCUT2D eigenvalue weighted by atomic mass is 19.4. The molecular formula is C21H23F4N7O3. The van der Waals surface area contributed by atoms with Crippen LogP contribution < -0.4 is 15.4 Å². The summed E-state index contributed by atoms with van der Waals surface area (Å²) in [7, 11) is 0. The highest BCUT2D eigenvalue weighted by Crippen LogP contribution is 2.39. The molecule has 2 saturated carbocycles. The molecule has 14 heteroatoms. The second kappa shape index (κ2) is 8.57. The maximum absolute atomic E-state index is 15.1. The summed E-state index contributed by atoms with van der Waals surface area (Å²) in [5.74, 6) is -0.142. The van der Waals surface area contributed by atoms with Gasteiger partial charge in [0, 0.05) is 41.7 Å². The summed E-state index contributed by atoms with van der Waals surface area (Å²) in [6.07, 6.45) is -1.86. The predicted octanol–water partition coefficient (Wildman–Crippen LogP) is 4.00. The van der Waals surface area contributed by atoms with Crippen molar-refractivity contribution in [2.75, 3.05) is 11.9 Å². The molecule has 188 valence electrons. The van der Waals surface area contributed by atoms with Gasteiger partial charge in [0.2, 0.25) is 5.88 Å². The fraction of sp³-hybridized carbons (Fsp3) is 0.524. The summed E-state index contributed by atoms with van der Waals surface area (Å²) in [5, 5.41) is 16.6. The third-order valence-corrected chi connectivity index (χ3v) is 6.16. The Morgan fingerprint density at radius 2 is 2.11 bits per heavy atom. The molecule has 0 aromatic carbocycles. The van der Waals surface area contributed by atoms with Crippen molar-refractivity contribution in [3.05, 3.63) is 30.2 Å². The normalized spacial score (nSPS) is 23.3. The average molecular weight is 497 g/mol. The fourth-order valence-electron chi connectivity index (χ4n) is 4.03. The Morgan fingerprint density at radius 1 is 1.31 bits per heavy atom. The van der Waals surface area contributed by atoms with E-state index < -0.39 is 37.1 Å². The van der Waals surface area contributed by atoms with Crippen molar-refractivity contribution in [3.8, 4) is 5.88 Å². The Bertz CT molecular complexity index is 1220. The minimum Gasteiger partial charge on any atom is -0.467 e. The van der Waals surface area contributed by atoms with Crippen LogP contribution in [0.1, 0.15) is 44.2 Å². The SMILES string of the molecule is CC1(NC(=O)O[C@H]2CC[C@@H](c3cc(Nc4nccn5nc(OCC(F)(F)F)cc45)n[nH]3)[C@H]2F)CC1. The Morgan fingerprint density at radius 3 is 2.86 bits per heavy atom. The Hall–Kier alpha value is -3.58. The van der Waals surface area contributed by atoms with Gasteiger partial charge < -0.3 is 20.1 Å². The third-order valence-electron chi connectivity index (χ3n) is 6.16. The molecule has 2 fully saturated rings. The topological polar surface area (TPSA) is 118 Å². The minimum absolute atomic E-state index is 0.210. The number of ether oxygens (including phenoxy) is 2. The number of H-pyrrole nitrogens is 1. The van der Waals surface area contributed by atoms with Gasteiger partial charge in [0.15, 0.2) is 18.2 Å². The summed E-state index contributed by atoms with van der Waals surface area (Å²) in [6.45, 7) is 0.445. The smallest absolute Gasteiger partial charge is 0.422 e. The maximum Gasteiger partial charge on any atom is 0.422 e. The molecular weight excluding hydrogens is 474 g/mol. The number of nitrogens with zero attached hydrogens (tertiary/aromatic N) is 4. The van der Waals surface area contributed by atoms with Crippen LogP contribution in [0, 0.1) is 0 Å². The Kier molecular flexibility index (Phi) is 5.68. The van der Waals surface area contributed by atoms with Crippen molar-refractivity contribution in [1.82, 2.24) is 30.1 Å². The predicted molar refractivity (Wildman–Crippen MR) is 114 cm³/mol. The van der Waals surface area contributed by atoms with E-state index in [0.29, 0.717) is 29.9 Å². The molecule has 3 N–H and O–H groups in total. The lowest BCUT2D eigenvalue weighted by Crippen LogP contribution is -2.38. The van der Waals surface area contributed by atoms with Gasteiger partial charge in [-0.1, -0.05) is 0 Å². The van der Waals surface area contributed by atoms with E-state index in [2.05, 4.69) is 30.9 Å². The number of hydrogen-bond donors (Lipinski definition) is 3. The van der Waals surface area contributed by atoms with Crippen LogP contribution in [0.4, 0.5) is 34.0 Å². The monoisotopic (exact) mass is 497 g/mol. The number of aromatic nitrogens is 5. The van der Waals surface area contributed by atoms with Gasteiger partial charge in [0.05, 0.1) is 0 Å². The van der Waals surface area contributed by atoms with Crippen molar-refractivity contribution in [3.63, 3.8) is 0 Å². The highest BCUT2D eigenvalue weighted by molar-refractivity contribution is 5.73. The first kappa shape index (κ1) is 23.2. The van der Waals surface area contributed by atoms with Crippen molar-refractivity contribution in [2.45, 2.75) is 62.5 Å². The molecule has 0 saturated heterocycles. The first-order chi connectivity index (χ1) is 16.6. The van der Waals surface area contributed by atoms with E-state index in [9.17, 15) is 18.0 Å². The molecule has 0 bridgehead atoms. The van der Waals surface area contributed by atoms with Crippen LogP contribution in [0.25, 0.3) is 5.52 Å². The molecule has 35 heavy (non-hydrogen) atoms. The number of halogens is 4. The van der Waals surface area contributed by atoms with Gasteiger partial charge >= 0.3 is 12.3 Å². The number of alkyl halides is 4.